The summed E-state index contributed by atoms with van der Waals surface area (Å²) in [7, 11) is 0. The molecule has 4 heteroatoms. The number of aromatic nitrogens is 1. The second kappa shape index (κ2) is 7.97. The molecule has 0 radical (unpaired) electrons. The number of aryl methyl sites for hydroxylation is 1. The van der Waals surface area contributed by atoms with Gasteiger partial charge in [0, 0.05) is 40.8 Å². The standard InChI is InChI=1S/C21H23NO3/c1-16(24)25-13-7-3-2-6-12-22-20-9-5-4-8-18(20)19-14-17(15-23)10-11-21(19)22/h4-5,8-11,14-15H,2-3,6-7,12-13H2,1H3. The van der Waals surface area contributed by atoms with E-state index in [0.717, 1.165) is 43.9 Å². The lowest BCUT2D eigenvalue weighted by Gasteiger charge is -2.08. The average molecular weight is 337 g/mol. The number of aldehydes is 1. The first-order chi connectivity index (χ1) is 12.2. The number of para-hydroxylation sites is 1. The Hall–Kier alpha value is -2.62. The third-order valence-electron chi connectivity index (χ3n) is 4.51. The molecule has 0 aliphatic heterocycles. The molecule has 0 saturated heterocycles. The van der Waals surface area contributed by atoms with Gasteiger partial charge >= 0.3 is 5.97 Å². The van der Waals surface area contributed by atoms with Crippen LogP contribution in [0.25, 0.3) is 21.8 Å². The molecular weight excluding hydrogens is 314 g/mol. The minimum Gasteiger partial charge on any atom is -0.466 e. The molecule has 0 spiro atoms. The van der Waals surface area contributed by atoms with Crippen molar-refractivity contribution in [3.05, 3.63) is 48.0 Å². The maximum atomic E-state index is 11.1. The normalized spacial score (nSPS) is 11.1. The molecule has 0 unspecified atom stereocenters. The molecule has 4 nitrogen and oxygen atoms in total. The van der Waals surface area contributed by atoms with Crippen LogP contribution in [0.4, 0.5) is 0 Å². The highest BCUT2D eigenvalue weighted by Crippen LogP contribution is 2.30. The fraction of sp³-hybridized carbons (Fsp3) is 0.333. The highest BCUT2D eigenvalue weighted by Gasteiger charge is 2.10. The summed E-state index contributed by atoms with van der Waals surface area (Å²) in [5.74, 6) is -0.208. The van der Waals surface area contributed by atoms with Gasteiger partial charge < -0.3 is 9.30 Å². The largest absolute Gasteiger partial charge is 0.466 e. The summed E-state index contributed by atoms with van der Waals surface area (Å²) in [5.41, 5.74) is 3.09. The number of hydrogen-bond acceptors (Lipinski definition) is 3. The lowest BCUT2D eigenvalue weighted by atomic mass is 10.1. The molecule has 3 rings (SSSR count). The van der Waals surface area contributed by atoms with E-state index in [2.05, 4.69) is 22.8 Å². The van der Waals surface area contributed by atoms with Gasteiger partial charge in [-0.05, 0) is 43.5 Å². The van der Waals surface area contributed by atoms with Crippen molar-refractivity contribution >= 4 is 34.1 Å². The summed E-state index contributed by atoms with van der Waals surface area (Å²) < 4.78 is 7.30. The Morgan fingerprint density at radius 3 is 2.56 bits per heavy atom. The maximum absolute atomic E-state index is 11.1. The Balaban J connectivity index is 1.72. The molecule has 0 amide bonds. The van der Waals surface area contributed by atoms with Crippen LogP contribution in [0.1, 0.15) is 43.0 Å². The lowest BCUT2D eigenvalue weighted by Crippen LogP contribution is -2.01. The molecule has 0 atom stereocenters. The van der Waals surface area contributed by atoms with Gasteiger partial charge in [-0.1, -0.05) is 24.6 Å². The molecule has 3 aromatic rings. The van der Waals surface area contributed by atoms with Crippen molar-refractivity contribution in [3.8, 4) is 0 Å². The van der Waals surface area contributed by atoms with Crippen molar-refractivity contribution in [2.45, 2.75) is 39.2 Å². The molecule has 0 fully saturated rings. The minimum absolute atomic E-state index is 0.208. The van der Waals surface area contributed by atoms with Gasteiger partial charge in [0.15, 0.2) is 0 Å². The molecule has 1 heterocycles. The molecule has 0 aliphatic rings. The topological polar surface area (TPSA) is 48.3 Å². The van der Waals surface area contributed by atoms with E-state index in [4.69, 9.17) is 4.74 Å². The van der Waals surface area contributed by atoms with E-state index in [1.807, 2.05) is 24.3 Å². The Bertz CT molecular complexity index is 895. The van der Waals surface area contributed by atoms with Crippen LogP contribution >= 0.6 is 0 Å². The molecule has 1 aromatic heterocycles. The Labute approximate surface area is 147 Å². The number of nitrogens with zero attached hydrogens (tertiary/aromatic N) is 1. The van der Waals surface area contributed by atoms with Crippen LogP contribution in [0.2, 0.25) is 0 Å². The van der Waals surface area contributed by atoms with Crippen LogP contribution in [0.3, 0.4) is 0 Å². The Morgan fingerprint density at radius 2 is 1.76 bits per heavy atom. The van der Waals surface area contributed by atoms with E-state index >= 15 is 0 Å². The van der Waals surface area contributed by atoms with E-state index < -0.39 is 0 Å². The van der Waals surface area contributed by atoms with Crippen LogP contribution < -0.4 is 0 Å². The molecule has 130 valence electrons. The fourth-order valence-electron chi connectivity index (χ4n) is 3.33. The first-order valence-corrected chi connectivity index (χ1v) is 8.80. The van der Waals surface area contributed by atoms with Crippen molar-refractivity contribution in [2.75, 3.05) is 6.61 Å². The number of fused-ring (bicyclic) bond motifs is 3. The smallest absolute Gasteiger partial charge is 0.302 e. The summed E-state index contributed by atoms with van der Waals surface area (Å²) in [6.07, 6.45) is 5.04. The molecule has 25 heavy (non-hydrogen) atoms. The number of hydrogen-bond donors (Lipinski definition) is 0. The van der Waals surface area contributed by atoms with E-state index in [9.17, 15) is 9.59 Å². The maximum Gasteiger partial charge on any atom is 0.302 e. The second-order valence-corrected chi connectivity index (χ2v) is 6.32. The zero-order valence-electron chi connectivity index (χ0n) is 14.5. The molecule has 0 N–H and O–H groups in total. The Kier molecular flexibility index (Phi) is 5.49. The van der Waals surface area contributed by atoms with Crippen LogP contribution in [0.5, 0.6) is 0 Å². The number of benzene rings is 2. The zero-order chi connectivity index (χ0) is 17.6. The van der Waals surface area contributed by atoms with E-state index in [0.29, 0.717) is 12.2 Å². The van der Waals surface area contributed by atoms with Crippen LogP contribution in [0.15, 0.2) is 42.5 Å². The van der Waals surface area contributed by atoms with Gasteiger partial charge in [-0.15, -0.1) is 0 Å². The molecule has 2 aromatic carbocycles. The quantitative estimate of drug-likeness (QED) is 0.339. The second-order valence-electron chi connectivity index (χ2n) is 6.32. The van der Waals surface area contributed by atoms with Crippen LogP contribution in [-0.2, 0) is 16.1 Å². The van der Waals surface area contributed by atoms with Gasteiger partial charge in [0.1, 0.15) is 6.29 Å². The number of unbranched alkanes of at least 4 members (excludes halogenated alkanes) is 3. The van der Waals surface area contributed by atoms with Crippen molar-refractivity contribution in [1.82, 2.24) is 4.57 Å². The number of ether oxygens (including phenoxy) is 1. The summed E-state index contributed by atoms with van der Waals surface area (Å²) in [5, 5.41) is 2.33. The van der Waals surface area contributed by atoms with Crippen molar-refractivity contribution in [3.63, 3.8) is 0 Å². The molecule has 0 aliphatic carbocycles. The SMILES string of the molecule is CC(=O)OCCCCCCn1c2ccccc2c2cc(C=O)ccc21. The molecular formula is C21H23NO3. The third-order valence-corrected chi connectivity index (χ3v) is 4.51. The predicted molar refractivity (Wildman–Crippen MR) is 99.9 cm³/mol. The van der Waals surface area contributed by atoms with Gasteiger partial charge in [0.25, 0.3) is 0 Å². The van der Waals surface area contributed by atoms with Gasteiger partial charge in [-0.25, -0.2) is 0 Å². The van der Waals surface area contributed by atoms with Crippen LogP contribution in [-0.4, -0.2) is 23.4 Å². The van der Waals surface area contributed by atoms with Gasteiger partial charge in [-0.2, -0.15) is 0 Å². The highest BCUT2D eigenvalue weighted by atomic mass is 16.5. The van der Waals surface area contributed by atoms with Crippen molar-refractivity contribution < 1.29 is 14.3 Å². The summed E-state index contributed by atoms with van der Waals surface area (Å²) >= 11 is 0. The molecule has 0 saturated carbocycles. The zero-order valence-corrected chi connectivity index (χ0v) is 14.5. The summed E-state index contributed by atoms with van der Waals surface area (Å²) in [6, 6.07) is 14.2. The number of rotatable bonds is 8. The summed E-state index contributed by atoms with van der Waals surface area (Å²) in [6.45, 7) is 2.90. The third kappa shape index (κ3) is 3.90. The monoisotopic (exact) mass is 337 g/mol. The highest BCUT2D eigenvalue weighted by molar-refractivity contribution is 6.09. The van der Waals surface area contributed by atoms with Gasteiger partial charge in [-0.3, -0.25) is 9.59 Å². The first-order valence-electron chi connectivity index (χ1n) is 8.80. The summed E-state index contributed by atoms with van der Waals surface area (Å²) in [4.78, 5) is 21.8. The predicted octanol–water partition coefficient (Wildman–Crippen LogP) is 4.73. The van der Waals surface area contributed by atoms with Crippen molar-refractivity contribution in [2.24, 2.45) is 0 Å². The van der Waals surface area contributed by atoms with Gasteiger partial charge in [0.2, 0.25) is 0 Å². The van der Waals surface area contributed by atoms with E-state index in [-0.39, 0.29) is 5.97 Å². The number of carbonyl (C=O) groups is 2. The molecule has 0 bridgehead atoms. The lowest BCUT2D eigenvalue weighted by molar-refractivity contribution is -0.141. The number of esters is 1. The minimum atomic E-state index is -0.208. The Morgan fingerprint density at radius 1 is 1.00 bits per heavy atom. The van der Waals surface area contributed by atoms with E-state index in [1.165, 1.54) is 23.3 Å². The van der Waals surface area contributed by atoms with E-state index in [1.54, 1.807) is 0 Å². The number of carbonyl (C=O) groups excluding carboxylic acids is 2. The van der Waals surface area contributed by atoms with Gasteiger partial charge in [0.05, 0.1) is 6.61 Å². The fourth-order valence-corrected chi connectivity index (χ4v) is 3.33. The first kappa shape index (κ1) is 17.2. The van der Waals surface area contributed by atoms with Crippen LogP contribution in [0, 0.1) is 0 Å². The van der Waals surface area contributed by atoms with Crippen molar-refractivity contribution in [1.29, 1.82) is 0 Å². The average Bonchev–Trinajstić information content (AvgIpc) is 2.94.